The van der Waals surface area contributed by atoms with E-state index in [0.717, 1.165) is 5.57 Å². The number of hydrogen-bond donors (Lipinski definition) is 1. The number of nitrogens with zero attached hydrogens (tertiary/aromatic N) is 2. The number of anilines is 1. The fourth-order valence-corrected chi connectivity index (χ4v) is 2.36. The van der Waals surface area contributed by atoms with Crippen molar-refractivity contribution in [3.63, 3.8) is 0 Å². The van der Waals surface area contributed by atoms with E-state index in [-0.39, 0.29) is 6.61 Å². The molecule has 2 rings (SSSR count). The van der Waals surface area contributed by atoms with Crippen molar-refractivity contribution in [2.45, 2.75) is 6.92 Å². The standard InChI is InChI=1S/C15H17Cl2N3O3/c1-10(8-13(21)22-2)9-23-20-7-6-18-15(20)19-14-11(16)4-3-5-12(14)17/h3-5,8H,6-7,9H2,1-2H3,(H,18,19). The van der Waals surface area contributed by atoms with E-state index >= 15 is 0 Å². The monoisotopic (exact) mass is 357 g/mol. The highest BCUT2D eigenvalue weighted by molar-refractivity contribution is 6.39. The molecule has 1 aliphatic rings. The van der Waals surface area contributed by atoms with Crippen LogP contribution in [-0.2, 0) is 14.4 Å². The predicted molar refractivity (Wildman–Crippen MR) is 90.8 cm³/mol. The number of benzene rings is 1. The summed E-state index contributed by atoms with van der Waals surface area (Å²) in [6.45, 7) is 3.20. The van der Waals surface area contributed by atoms with Crippen molar-refractivity contribution in [1.29, 1.82) is 0 Å². The summed E-state index contributed by atoms with van der Waals surface area (Å²) < 4.78 is 4.57. The van der Waals surface area contributed by atoms with E-state index in [2.05, 4.69) is 15.0 Å². The number of esters is 1. The number of guanidine groups is 1. The number of nitrogens with one attached hydrogen (secondary N) is 1. The Bertz CT molecular complexity index is 627. The van der Waals surface area contributed by atoms with E-state index in [9.17, 15) is 4.79 Å². The zero-order valence-corrected chi connectivity index (χ0v) is 14.3. The Hall–Kier alpha value is -1.76. The first kappa shape index (κ1) is 17.6. The molecule has 1 aromatic carbocycles. The topological polar surface area (TPSA) is 63.2 Å². The molecule has 8 heteroatoms. The summed E-state index contributed by atoms with van der Waals surface area (Å²) in [5.41, 5.74) is 1.31. The summed E-state index contributed by atoms with van der Waals surface area (Å²) in [7, 11) is 1.33. The third-order valence-corrected chi connectivity index (χ3v) is 3.64. The number of methoxy groups -OCH3 is 1. The molecule has 0 saturated heterocycles. The van der Waals surface area contributed by atoms with E-state index < -0.39 is 5.97 Å². The Balaban J connectivity index is 1.98. The van der Waals surface area contributed by atoms with Crippen LogP contribution in [0.4, 0.5) is 5.69 Å². The number of rotatable bonds is 5. The second kappa shape index (κ2) is 8.19. The van der Waals surface area contributed by atoms with Gasteiger partial charge in [0.15, 0.2) is 0 Å². The van der Waals surface area contributed by atoms with Gasteiger partial charge >= 0.3 is 5.97 Å². The van der Waals surface area contributed by atoms with Crippen molar-refractivity contribution in [2.24, 2.45) is 4.99 Å². The van der Waals surface area contributed by atoms with E-state index in [1.807, 2.05) is 0 Å². The molecule has 23 heavy (non-hydrogen) atoms. The Morgan fingerprint density at radius 3 is 2.78 bits per heavy atom. The van der Waals surface area contributed by atoms with Gasteiger partial charge in [-0.15, -0.1) is 0 Å². The summed E-state index contributed by atoms with van der Waals surface area (Å²) in [4.78, 5) is 21.1. The molecule has 0 bridgehead atoms. The number of ether oxygens (including phenoxy) is 1. The molecule has 0 unspecified atom stereocenters. The normalized spacial score (nSPS) is 14.7. The smallest absolute Gasteiger partial charge is 0.330 e. The van der Waals surface area contributed by atoms with Crippen LogP contribution in [0.3, 0.4) is 0 Å². The van der Waals surface area contributed by atoms with Gasteiger partial charge in [-0.05, 0) is 24.6 Å². The number of para-hydroxylation sites is 1. The minimum atomic E-state index is -0.414. The first-order valence-corrected chi connectivity index (χ1v) is 7.68. The first-order valence-electron chi connectivity index (χ1n) is 6.92. The predicted octanol–water partition coefficient (Wildman–Crippen LogP) is 3.13. The lowest BCUT2D eigenvalue weighted by Gasteiger charge is -2.21. The molecule has 1 aliphatic heterocycles. The van der Waals surface area contributed by atoms with E-state index in [0.29, 0.717) is 34.8 Å². The molecule has 1 N–H and O–H groups in total. The second-order valence-electron chi connectivity index (χ2n) is 4.82. The van der Waals surface area contributed by atoms with Gasteiger partial charge in [-0.25, -0.2) is 14.9 Å². The van der Waals surface area contributed by atoms with Crippen molar-refractivity contribution in [3.8, 4) is 0 Å². The average Bonchev–Trinajstić information content (AvgIpc) is 2.96. The van der Waals surface area contributed by atoms with Crippen molar-refractivity contribution >= 4 is 40.8 Å². The molecule has 124 valence electrons. The van der Waals surface area contributed by atoms with Gasteiger partial charge in [0.2, 0.25) is 5.96 Å². The van der Waals surface area contributed by atoms with Crippen LogP contribution in [0.1, 0.15) is 6.92 Å². The summed E-state index contributed by atoms with van der Waals surface area (Å²) in [6, 6.07) is 5.24. The third kappa shape index (κ3) is 4.86. The molecular weight excluding hydrogens is 341 g/mol. The minimum Gasteiger partial charge on any atom is -0.466 e. The number of carbonyl (C=O) groups is 1. The third-order valence-electron chi connectivity index (χ3n) is 3.01. The highest BCUT2D eigenvalue weighted by Gasteiger charge is 2.20. The number of halogens is 2. The van der Waals surface area contributed by atoms with Crippen LogP contribution in [0, 0.1) is 0 Å². The molecule has 0 aliphatic carbocycles. The van der Waals surface area contributed by atoms with Gasteiger partial charge in [0.1, 0.15) is 0 Å². The van der Waals surface area contributed by atoms with E-state index in [1.54, 1.807) is 30.2 Å². The van der Waals surface area contributed by atoms with Crippen LogP contribution < -0.4 is 5.32 Å². The molecule has 0 amide bonds. The minimum absolute atomic E-state index is 0.242. The van der Waals surface area contributed by atoms with Gasteiger partial charge in [-0.3, -0.25) is 4.84 Å². The van der Waals surface area contributed by atoms with Gasteiger partial charge in [0.05, 0.1) is 42.5 Å². The lowest BCUT2D eigenvalue weighted by Crippen LogP contribution is -2.34. The highest BCUT2D eigenvalue weighted by Crippen LogP contribution is 2.30. The van der Waals surface area contributed by atoms with Crippen LogP contribution in [-0.4, -0.2) is 43.8 Å². The lowest BCUT2D eigenvalue weighted by molar-refractivity contribution is -0.135. The SMILES string of the molecule is COC(=O)C=C(C)CON1CCN=C1Nc1c(Cl)cccc1Cl. The van der Waals surface area contributed by atoms with Crippen LogP contribution in [0.15, 0.2) is 34.8 Å². The molecule has 1 heterocycles. The highest BCUT2D eigenvalue weighted by atomic mass is 35.5. The fourth-order valence-electron chi connectivity index (χ4n) is 1.87. The Morgan fingerprint density at radius 2 is 2.13 bits per heavy atom. The second-order valence-corrected chi connectivity index (χ2v) is 5.63. The summed E-state index contributed by atoms with van der Waals surface area (Å²) >= 11 is 12.3. The van der Waals surface area contributed by atoms with Crippen molar-refractivity contribution < 1.29 is 14.4 Å². The van der Waals surface area contributed by atoms with Crippen LogP contribution >= 0.6 is 23.2 Å². The Labute approximate surface area is 144 Å². The van der Waals surface area contributed by atoms with Crippen LogP contribution in [0.5, 0.6) is 0 Å². The van der Waals surface area contributed by atoms with E-state index in [4.69, 9.17) is 28.0 Å². The molecule has 0 saturated carbocycles. The fraction of sp³-hybridized carbons (Fsp3) is 0.333. The summed E-state index contributed by atoms with van der Waals surface area (Å²) in [6.07, 6.45) is 1.38. The molecule has 0 fully saturated rings. The van der Waals surface area contributed by atoms with Crippen LogP contribution in [0.25, 0.3) is 0 Å². The molecule has 0 aromatic heterocycles. The van der Waals surface area contributed by atoms with Gasteiger partial charge in [0.25, 0.3) is 0 Å². The maximum absolute atomic E-state index is 11.2. The van der Waals surface area contributed by atoms with Gasteiger partial charge in [-0.1, -0.05) is 29.3 Å². The first-order chi connectivity index (χ1) is 11.0. The maximum atomic E-state index is 11.2. The van der Waals surface area contributed by atoms with Gasteiger partial charge in [0, 0.05) is 6.08 Å². The average molecular weight is 358 g/mol. The molecule has 1 aromatic rings. The Morgan fingerprint density at radius 1 is 1.43 bits per heavy atom. The number of hydrogen-bond acceptors (Lipinski definition) is 6. The molecule has 0 atom stereocenters. The zero-order valence-electron chi connectivity index (χ0n) is 12.8. The molecule has 6 nitrogen and oxygen atoms in total. The van der Waals surface area contributed by atoms with Crippen molar-refractivity contribution in [3.05, 3.63) is 39.9 Å². The molecule has 0 radical (unpaired) electrons. The number of hydroxylamine groups is 2. The number of aliphatic imine (C=N–C) groups is 1. The quantitative estimate of drug-likeness (QED) is 0.647. The lowest BCUT2D eigenvalue weighted by atomic mass is 10.3. The zero-order chi connectivity index (χ0) is 16.8. The van der Waals surface area contributed by atoms with Crippen LogP contribution in [0.2, 0.25) is 10.0 Å². The van der Waals surface area contributed by atoms with Crippen molar-refractivity contribution in [2.75, 3.05) is 32.1 Å². The largest absolute Gasteiger partial charge is 0.466 e. The van der Waals surface area contributed by atoms with E-state index in [1.165, 1.54) is 13.2 Å². The summed E-state index contributed by atoms with van der Waals surface area (Å²) in [5, 5.41) is 5.67. The summed E-state index contributed by atoms with van der Waals surface area (Å²) in [5.74, 6) is 0.105. The van der Waals surface area contributed by atoms with Gasteiger partial charge in [-0.2, -0.15) is 0 Å². The number of carbonyl (C=O) groups excluding carboxylic acids is 1. The Kier molecular flexibility index (Phi) is 6.27. The van der Waals surface area contributed by atoms with Gasteiger partial charge < -0.3 is 10.1 Å². The molecular formula is C15H17Cl2N3O3. The maximum Gasteiger partial charge on any atom is 0.330 e. The molecule has 0 spiro atoms. The van der Waals surface area contributed by atoms with Crippen molar-refractivity contribution in [1.82, 2.24) is 5.06 Å².